The SMILES string of the molecule is COC1OC2CS(=O)(=O)C2C1OC(=O)Nc1ccccc1. The molecule has 4 atom stereocenters. The van der Waals surface area contributed by atoms with Crippen LogP contribution in [0.25, 0.3) is 0 Å². The third kappa shape index (κ3) is 2.61. The molecule has 1 amide bonds. The second-order valence-electron chi connectivity index (χ2n) is 4.93. The molecule has 1 N–H and O–H groups in total. The lowest BCUT2D eigenvalue weighted by Gasteiger charge is -2.30. The van der Waals surface area contributed by atoms with Crippen molar-refractivity contribution in [2.45, 2.75) is 23.7 Å². The predicted octanol–water partition coefficient (Wildman–Crippen LogP) is 0.772. The molecule has 0 radical (unpaired) electrons. The van der Waals surface area contributed by atoms with Gasteiger partial charge in [0.15, 0.2) is 22.2 Å². The van der Waals surface area contributed by atoms with Gasteiger partial charge in [0, 0.05) is 12.8 Å². The molecule has 1 aromatic rings. The van der Waals surface area contributed by atoms with Gasteiger partial charge in [-0.15, -0.1) is 0 Å². The van der Waals surface area contributed by atoms with Crippen molar-refractivity contribution < 1.29 is 27.4 Å². The van der Waals surface area contributed by atoms with E-state index < -0.39 is 39.7 Å². The van der Waals surface area contributed by atoms with Gasteiger partial charge in [-0.3, -0.25) is 5.32 Å². The van der Waals surface area contributed by atoms with Crippen molar-refractivity contribution in [3.05, 3.63) is 30.3 Å². The summed E-state index contributed by atoms with van der Waals surface area (Å²) < 4.78 is 39.2. The molecule has 2 heterocycles. The Morgan fingerprint density at radius 2 is 2.05 bits per heavy atom. The number of fused-ring (bicyclic) bond motifs is 1. The molecule has 2 saturated heterocycles. The van der Waals surface area contributed by atoms with Crippen LogP contribution in [0.1, 0.15) is 0 Å². The van der Waals surface area contributed by atoms with Gasteiger partial charge in [-0.1, -0.05) is 18.2 Å². The molecule has 21 heavy (non-hydrogen) atoms. The molecule has 4 unspecified atom stereocenters. The number of carbonyl (C=O) groups is 1. The molecule has 2 aliphatic heterocycles. The fourth-order valence-electron chi connectivity index (χ4n) is 2.59. The van der Waals surface area contributed by atoms with Crippen LogP contribution < -0.4 is 5.32 Å². The van der Waals surface area contributed by atoms with E-state index in [9.17, 15) is 13.2 Å². The molecule has 2 aliphatic rings. The van der Waals surface area contributed by atoms with Crippen LogP contribution in [0.4, 0.5) is 10.5 Å². The summed E-state index contributed by atoms with van der Waals surface area (Å²) >= 11 is 0. The number of sulfone groups is 1. The lowest BCUT2D eigenvalue weighted by molar-refractivity contribution is -0.144. The van der Waals surface area contributed by atoms with Crippen molar-refractivity contribution in [3.63, 3.8) is 0 Å². The monoisotopic (exact) mass is 313 g/mol. The highest BCUT2D eigenvalue weighted by Crippen LogP contribution is 2.38. The molecule has 114 valence electrons. The van der Waals surface area contributed by atoms with Crippen molar-refractivity contribution in [1.82, 2.24) is 0 Å². The molecule has 2 fully saturated rings. The van der Waals surface area contributed by atoms with Gasteiger partial charge in [-0.25, -0.2) is 13.2 Å². The van der Waals surface area contributed by atoms with Gasteiger partial charge in [0.2, 0.25) is 0 Å². The summed E-state index contributed by atoms with van der Waals surface area (Å²) in [4.78, 5) is 11.9. The molecule has 0 saturated carbocycles. The molecule has 8 heteroatoms. The number of ether oxygens (including phenoxy) is 3. The Bertz CT molecular complexity index is 631. The van der Waals surface area contributed by atoms with Gasteiger partial charge in [0.1, 0.15) is 5.25 Å². The zero-order valence-corrected chi connectivity index (χ0v) is 12.1. The van der Waals surface area contributed by atoms with Crippen LogP contribution in [-0.4, -0.2) is 51.1 Å². The standard InChI is InChI=1S/C13H15NO6S/c1-18-12-10(11-9(19-12)7-21(11,16)17)20-13(15)14-8-5-3-2-4-6-8/h2-6,9-12H,7H2,1H3,(H,14,15). The van der Waals surface area contributed by atoms with E-state index in [0.717, 1.165) is 0 Å². The zero-order chi connectivity index (χ0) is 15.0. The Hall–Kier alpha value is -1.64. The second-order valence-corrected chi connectivity index (χ2v) is 7.14. The van der Waals surface area contributed by atoms with Crippen LogP contribution in [0.2, 0.25) is 0 Å². The van der Waals surface area contributed by atoms with E-state index in [-0.39, 0.29) is 5.75 Å². The maximum atomic E-state index is 11.9. The first-order valence-electron chi connectivity index (χ1n) is 6.44. The van der Waals surface area contributed by atoms with E-state index in [4.69, 9.17) is 14.2 Å². The van der Waals surface area contributed by atoms with Crippen molar-refractivity contribution in [2.24, 2.45) is 0 Å². The van der Waals surface area contributed by atoms with E-state index in [1.165, 1.54) is 7.11 Å². The van der Waals surface area contributed by atoms with Gasteiger partial charge in [0.25, 0.3) is 0 Å². The second kappa shape index (κ2) is 5.28. The Kier molecular flexibility index (Phi) is 3.60. The van der Waals surface area contributed by atoms with Gasteiger partial charge in [0.05, 0.1) is 11.9 Å². The summed E-state index contributed by atoms with van der Waals surface area (Å²) in [5.74, 6) is -0.0578. The fourth-order valence-corrected chi connectivity index (χ4v) is 4.41. The summed E-state index contributed by atoms with van der Waals surface area (Å²) in [5.41, 5.74) is 0.559. The fraction of sp³-hybridized carbons (Fsp3) is 0.462. The highest BCUT2D eigenvalue weighted by molar-refractivity contribution is 7.93. The van der Waals surface area contributed by atoms with Crippen LogP contribution in [-0.2, 0) is 24.0 Å². The van der Waals surface area contributed by atoms with Crippen LogP contribution in [0, 0.1) is 0 Å². The summed E-state index contributed by atoms with van der Waals surface area (Å²) in [7, 11) is -1.90. The van der Waals surface area contributed by atoms with Crippen LogP contribution in [0.15, 0.2) is 30.3 Å². The highest BCUT2D eigenvalue weighted by Gasteiger charge is 2.61. The number of para-hydroxylation sites is 1. The average Bonchev–Trinajstić information content (AvgIpc) is 2.72. The van der Waals surface area contributed by atoms with E-state index >= 15 is 0 Å². The minimum atomic E-state index is -3.28. The molecule has 7 nitrogen and oxygen atoms in total. The zero-order valence-electron chi connectivity index (χ0n) is 11.3. The molecule has 0 aromatic heterocycles. The smallest absolute Gasteiger partial charge is 0.412 e. The summed E-state index contributed by atoms with van der Waals surface area (Å²) in [6.07, 6.45) is -3.02. The third-order valence-corrected chi connectivity index (χ3v) is 5.77. The average molecular weight is 313 g/mol. The van der Waals surface area contributed by atoms with Gasteiger partial charge in [-0.05, 0) is 12.1 Å². The van der Waals surface area contributed by atoms with Crippen molar-refractivity contribution in [3.8, 4) is 0 Å². The quantitative estimate of drug-likeness (QED) is 0.886. The van der Waals surface area contributed by atoms with Crippen molar-refractivity contribution in [1.29, 1.82) is 0 Å². The number of amides is 1. The lowest BCUT2D eigenvalue weighted by atomic mass is 10.2. The Labute approximate surface area is 122 Å². The summed E-state index contributed by atoms with van der Waals surface area (Å²) in [5, 5.41) is 1.69. The summed E-state index contributed by atoms with van der Waals surface area (Å²) in [6.45, 7) is 0. The number of hydrogen-bond donors (Lipinski definition) is 1. The molecule has 3 rings (SSSR count). The predicted molar refractivity (Wildman–Crippen MR) is 73.6 cm³/mol. The molecule has 1 aromatic carbocycles. The van der Waals surface area contributed by atoms with Crippen molar-refractivity contribution in [2.75, 3.05) is 18.2 Å². The Morgan fingerprint density at radius 3 is 2.67 bits per heavy atom. The minimum absolute atomic E-state index is 0.0578. The largest absolute Gasteiger partial charge is 0.439 e. The third-order valence-electron chi connectivity index (χ3n) is 3.57. The number of hydrogen-bond acceptors (Lipinski definition) is 6. The van der Waals surface area contributed by atoms with Crippen molar-refractivity contribution >= 4 is 21.6 Å². The van der Waals surface area contributed by atoms with E-state index in [1.807, 2.05) is 6.07 Å². The normalized spacial score (nSPS) is 32.8. The van der Waals surface area contributed by atoms with Gasteiger partial charge in [-0.2, -0.15) is 0 Å². The lowest BCUT2D eigenvalue weighted by Crippen LogP contribution is -2.54. The first-order chi connectivity index (χ1) is 10.0. The van der Waals surface area contributed by atoms with Gasteiger partial charge >= 0.3 is 6.09 Å². The molecule has 0 aliphatic carbocycles. The van der Waals surface area contributed by atoms with E-state index in [0.29, 0.717) is 5.69 Å². The maximum absolute atomic E-state index is 11.9. The van der Waals surface area contributed by atoms with Crippen LogP contribution >= 0.6 is 0 Å². The number of benzene rings is 1. The number of methoxy groups -OCH3 is 1. The molecular weight excluding hydrogens is 298 g/mol. The minimum Gasteiger partial charge on any atom is -0.439 e. The van der Waals surface area contributed by atoms with E-state index in [2.05, 4.69) is 5.32 Å². The maximum Gasteiger partial charge on any atom is 0.412 e. The number of anilines is 1. The Morgan fingerprint density at radius 1 is 1.33 bits per heavy atom. The number of rotatable bonds is 3. The van der Waals surface area contributed by atoms with Gasteiger partial charge < -0.3 is 14.2 Å². The molecular formula is C13H15NO6S. The van der Waals surface area contributed by atoms with E-state index in [1.54, 1.807) is 24.3 Å². The Balaban J connectivity index is 1.69. The highest BCUT2D eigenvalue weighted by atomic mass is 32.2. The first kappa shape index (κ1) is 14.3. The van der Waals surface area contributed by atoms with Crippen LogP contribution in [0.3, 0.4) is 0 Å². The summed E-state index contributed by atoms with van der Waals surface area (Å²) in [6, 6.07) is 8.73. The van der Waals surface area contributed by atoms with Crippen LogP contribution in [0.5, 0.6) is 0 Å². The number of carbonyl (C=O) groups excluding carboxylic acids is 1. The topological polar surface area (TPSA) is 90.9 Å². The molecule has 0 spiro atoms. The number of nitrogens with one attached hydrogen (secondary N) is 1. The molecule has 0 bridgehead atoms. The first-order valence-corrected chi connectivity index (χ1v) is 8.15.